The number of aryl methyl sites for hydroxylation is 1. The van der Waals surface area contributed by atoms with E-state index in [-0.39, 0.29) is 5.25 Å². The van der Waals surface area contributed by atoms with Gasteiger partial charge in [-0.2, -0.15) is 0 Å². The van der Waals surface area contributed by atoms with Crippen molar-refractivity contribution in [2.45, 2.75) is 16.5 Å². The molecule has 0 saturated carbocycles. The summed E-state index contributed by atoms with van der Waals surface area (Å²) in [4.78, 5) is 4.44. The van der Waals surface area contributed by atoms with Crippen molar-refractivity contribution in [2.24, 2.45) is 5.73 Å². The van der Waals surface area contributed by atoms with E-state index in [2.05, 4.69) is 11.1 Å². The van der Waals surface area contributed by atoms with Gasteiger partial charge in [0, 0.05) is 27.9 Å². The highest BCUT2D eigenvalue weighted by atomic mass is 35.5. The molecule has 1 heterocycles. The number of thioether (sulfide) groups is 1. The fourth-order valence-corrected chi connectivity index (χ4v) is 3.72. The zero-order valence-corrected chi connectivity index (χ0v) is 11.8. The molecule has 90 valence electrons. The fraction of sp³-hybridized carbons (Fsp3) is 0.250. The monoisotopic (exact) mass is 284 g/mol. The molecule has 0 radical (unpaired) electrons. The molecule has 2 N–H and O–H groups in total. The molecule has 0 aliphatic rings. The molecule has 0 bridgehead atoms. The SMILES string of the molecule is Cc1csc(SC(CN)c2cccc(Cl)c2)n1. The number of hydrogen-bond donors (Lipinski definition) is 1. The first-order valence-corrected chi connectivity index (χ1v) is 7.37. The van der Waals surface area contributed by atoms with Gasteiger partial charge in [-0.05, 0) is 24.6 Å². The Balaban J connectivity index is 2.16. The van der Waals surface area contributed by atoms with Gasteiger partial charge in [-0.25, -0.2) is 4.98 Å². The smallest absolute Gasteiger partial charge is 0.150 e. The number of rotatable bonds is 4. The van der Waals surface area contributed by atoms with Gasteiger partial charge in [0.05, 0.1) is 0 Å². The number of halogens is 1. The highest BCUT2D eigenvalue weighted by Crippen LogP contribution is 2.36. The summed E-state index contributed by atoms with van der Waals surface area (Å²) in [5.41, 5.74) is 8.03. The second-order valence-corrected chi connectivity index (χ2v) is 6.40. The summed E-state index contributed by atoms with van der Waals surface area (Å²) in [5, 5.41) is 3.00. The van der Waals surface area contributed by atoms with Crippen LogP contribution in [0.5, 0.6) is 0 Å². The van der Waals surface area contributed by atoms with Crippen molar-refractivity contribution in [1.82, 2.24) is 4.98 Å². The highest BCUT2D eigenvalue weighted by Gasteiger charge is 2.13. The minimum absolute atomic E-state index is 0.208. The average molecular weight is 285 g/mol. The quantitative estimate of drug-likeness (QED) is 0.866. The maximum absolute atomic E-state index is 5.99. The number of thiazole rings is 1. The molecule has 0 aliphatic carbocycles. The molecule has 1 atom stereocenters. The topological polar surface area (TPSA) is 38.9 Å². The number of aromatic nitrogens is 1. The van der Waals surface area contributed by atoms with Crippen LogP contribution in [0.25, 0.3) is 0 Å². The molecule has 2 rings (SSSR count). The molecule has 2 nitrogen and oxygen atoms in total. The van der Waals surface area contributed by atoms with E-state index in [4.69, 9.17) is 17.3 Å². The number of nitrogens with two attached hydrogens (primary N) is 1. The number of hydrogen-bond acceptors (Lipinski definition) is 4. The van der Waals surface area contributed by atoms with Crippen LogP contribution in [0.1, 0.15) is 16.5 Å². The van der Waals surface area contributed by atoms with Gasteiger partial charge in [0.2, 0.25) is 0 Å². The summed E-state index contributed by atoms with van der Waals surface area (Å²) in [6.45, 7) is 2.57. The lowest BCUT2D eigenvalue weighted by Gasteiger charge is -2.13. The van der Waals surface area contributed by atoms with Crippen molar-refractivity contribution in [2.75, 3.05) is 6.54 Å². The van der Waals surface area contributed by atoms with E-state index in [9.17, 15) is 0 Å². The summed E-state index contributed by atoms with van der Waals surface area (Å²) in [6, 6.07) is 7.84. The van der Waals surface area contributed by atoms with Crippen LogP contribution < -0.4 is 5.73 Å². The molecule has 5 heteroatoms. The molecule has 0 aliphatic heterocycles. The average Bonchev–Trinajstić information content (AvgIpc) is 2.72. The van der Waals surface area contributed by atoms with E-state index < -0.39 is 0 Å². The molecule has 0 amide bonds. The zero-order chi connectivity index (χ0) is 12.3. The molecule has 0 fully saturated rings. The van der Waals surface area contributed by atoms with Gasteiger partial charge in [-0.15, -0.1) is 11.3 Å². The third-order valence-electron chi connectivity index (χ3n) is 2.28. The lowest BCUT2D eigenvalue weighted by Crippen LogP contribution is -2.09. The second-order valence-electron chi connectivity index (χ2n) is 3.65. The number of benzene rings is 1. The van der Waals surface area contributed by atoms with Gasteiger partial charge >= 0.3 is 0 Å². The maximum Gasteiger partial charge on any atom is 0.150 e. The van der Waals surface area contributed by atoms with E-state index in [1.807, 2.05) is 30.5 Å². The largest absolute Gasteiger partial charge is 0.329 e. The van der Waals surface area contributed by atoms with Crippen molar-refractivity contribution in [3.63, 3.8) is 0 Å². The molecule has 0 saturated heterocycles. The predicted molar refractivity (Wildman–Crippen MR) is 76.0 cm³/mol. The van der Waals surface area contributed by atoms with Gasteiger partial charge in [0.25, 0.3) is 0 Å². The van der Waals surface area contributed by atoms with Gasteiger partial charge in [0.1, 0.15) is 0 Å². The third kappa shape index (κ3) is 3.45. The Labute approximate surface area is 114 Å². The van der Waals surface area contributed by atoms with E-state index in [1.165, 1.54) is 0 Å². The molecule has 1 aromatic heterocycles. The van der Waals surface area contributed by atoms with Crippen LogP contribution in [0.3, 0.4) is 0 Å². The molecular weight excluding hydrogens is 272 g/mol. The van der Waals surface area contributed by atoms with Gasteiger partial charge in [-0.3, -0.25) is 0 Å². The Morgan fingerprint density at radius 2 is 2.35 bits per heavy atom. The van der Waals surface area contributed by atoms with Crippen LogP contribution in [0, 0.1) is 6.92 Å². The first kappa shape index (κ1) is 12.9. The second kappa shape index (κ2) is 5.87. The van der Waals surface area contributed by atoms with Crippen molar-refractivity contribution in [3.05, 3.63) is 45.9 Å². The molecule has 2 aromatic rings. The zero-order valence-electron chi connectivity index (χ0n) is 9.39. The lowest BCUT2D eigenvalue weighted by atomic mass is 10.1. The van der Waals surface area contributed by atoms with E-state index in [0.717, 1.165) is 20.6 Å². The minimum Gasteiger partial charge on any atom is -0.329 e. The van der Waals surface area contributed by atoms with Crippen LogP contribution in [-0.2, 0) is 0 Å². The Kier molecular flexibility index (Phi) is 4.45. The Morgan fingerprint density at radius 1 is 1.53 bits per heavy atom. The summed E-state index contributed by atoms with van der Waals surface area (Å²) < 4.78 is 1.05. The molecule has 1 unspecified atom stereocenters. The maximum atomic E-state index is 5.99. The molecule has 1 aromatic carbocycles. The first-order valence-electron chi connectivity index (χ1n) is 5.23. The summed E-state index contributed by atoms with van der Waals surface area (Å²) in [5.74, 6) is 0. The Bertz CT molecular complexity index is 499. The van der Waals surface area contributed by atoms with Gasteiger partial charge in [-0.1, -0.05) is 35.5 Å². The van der Waals surface area contributed by atoms with Crippen LogP contribution in [0.15, 0.2) is 34.0 Å². The van der Waals surface area contributed by atoms with Crippen LogP contribution >= 0.6 is 34.7 Å². The normalized spacial score (nSPS) is 12.6. The Hall–Kier alpha value is -0.550. The van der Waals surface area contributed by atoms with Crippen molar-refractivity contribution < 1.29 is 0 Å². The van der Waals surface area contributed by atoms with Gasteiger partial charge < -0.3 is 5.73 Å². The highest BCUT2D eigenvalue weighted by molar-refractivity contribution is 8.01. The molecule has 17 heavy (non-hydrogen) atoms. The third-order valence-corrected chi connectivity index (χ3v) is 4.88. The van der Waals surface area contributed by atoms with Crippen molar-refractivity contribution in [3.8, 4) is 0 Å². The van der Waals surface area contributed by atoms with Crippen LogP contribution in [0.2, 0.25) is 5.02 Å². The minimum atomic E-state index is 0.208. The first-order chi connectivity index (χ1) is 8.19. The predicted octanol–water partition coefficient (Wildman–Crippen LogP) is 3.90. The van der Waals surface area contributed by atoms with E-state index >= 15 is 0 Å². The Morgan fingerprint density at radius 3 is 2.94 bits per heavy atom. The summed E-state index contributed by atoms with van der Waals surface area (Å²) in [7, 11) is 0. The number of nitrogens with zero attached hydrogens (tertiary/aromatic N) is 1. The fourth-order valence-electron chi connectivity index (χ4n) is 1.47. The lowest BCUT2D eigenvalue weighted by molar-refractivity contribution is 0.938. The van der Waals surface area contributed by atoms with E-state index in [1.54, 1.807) is 23.1 Å². The molecular formula is C12H13ClN2S2. The van der Waals surface area contributed by atoms with Gasteiger partial charge in [0.15, 0.2) is 4.34 Å². The standard InChI is InChI=1S/C12H13ClN2S2/c1-8-7-16-12(15-8)17-11(6-14)9-3-2-4-10(13)5-9/h2-5,7,11H,6,14H2,1H3. The van der Waals surface area contributed by atoms with Crippen molar-refractivity contribution >= 4 is 34.7 Å². The van der Waals surface area contributed by atoms with Crippen LogP contribution in [-0.4, -0.2) is 11.5 Å². The van der Waals surface area contributed by atoms with E-state index in [0.29, 0.717) is 6.54 Å². The van der Waals surface area contributed by atoms with Crippen LogP contribution in [0.4, 0.5) is 0 Å². The van der Waals surface area contributed by atoms with Crippen molar-refractivity contribution in [1.29, 1.82) is 0 Å². The molecule has 0 spiro atoms. The summed E-state index contributed by atoms with van der Waals surface area (Å²) >= 11 is 9.34. The summed E-state index contributed by atoms with van der Waals surface area (Å²) in [6.07, 6.45) is 0.